The number of benzene rings is 3. The second kappa shape index (κ2) is 13.1. The van der Waals surface area contributed by atoms with Gasteiger partial charge in [0.1, 0.15) is 24.7 Å². The van der Waals surface area contributed by atoms with E-state index in [4.69, 9.17) is 9.47 Å². The SMILES string of the molecule is C=CCOc1ccc(/C=N/NC(=O)CN(c2ccc(OC)cc2)S(=O)(=O)c2ccc(NC(C)=O)cc2)cc1. The number of amides is 2. The summed E-state index contributed by atoms with van der Waals surface area (Å²) in [4.78, 5) is 24.0. The first-order valence-electron chi connectivity index (χ1n) is 11.4. The van der Waals surface area contributed by atoms with Crippen molar-refractivity contribution in [1.82, 2.24) is 5.43 Å². The van der Waals surface area contributed by atoms with Gasteiger partial charge in [0.05, 0.1) is 23.9 Å². The van der Waals surface area contributed by atoms with Gasteiger partial charge in [-0.2, -0.15) is 5.10 Å². The number of hydrogen-bond donors (Lipinski definition) is 2. The summed E-state index contributed by atoms with van der Waals surface area (Å²) in [5.74, 6) is 0.258. The lowest BCUT2D eigenvalue weighted by atomic mass is 10.2. The number of methoxy groups -OCH3 is 1. The molecule has 0 saturated carbocycles. The number of nitrogens with zero attached hydrogens (tertiary/aromatic N) is 2. The second-order valence-electron chi connectivity index (χ2n) is 7.88. The van der Waals surface area contributed by atoms with Crippen LogP contribution in [-0.2, 0) is 19.6 Å². The van der Waals surface area contributed by atoms with Crippen LogP contribution in [0.5, 0.6) is 11.5 Å². The number of ether oxygens (including phenoxy) is 2. The molecular formula is C27H28N4O6S. The first-order chi connectivity index (χ1) is 18.2. The smallest absolute Gasteiger partial charge is 0.264 e. The van der Waals surface area contributed by atoms with E-state index in [9.17, 15) is 18.0 Å². The zero-order valence-electron chi connectivity index (χ0n) is 21.0. The van der Waals surface area contributed by atoms with E-state index in [1.165, 1.54) is 56.6 Å². The summed E-state index contributed by atoms with van der Waals surface area (Å²) >= 11 is 0. The standard InChI is InChI=1S/C27H28N4O6S/c1-4-17-37-25-11-5-21(6-12-25)18-28-30-27(33)19-31(23-9-13-24(36-3)14-10-23)38(34,35)26-15-7-22(8-16-26)29-20(2)32/h4-16,18H,1,17,19H2,2-3H3,(H,29,32)(H,30,33)/b28-18+. The fourth-order valence-corrected chi connectivity index (χ4v) is 4.68. The molecule has 38 heavy (non-hydrogen) atoms. The van der Waals surface area contributed by atoms with Crippen LogP contribution in [-0.4, -0.2) is 46.7 Å². The van der Waals surface area contributed by atoms with Gasteiger partial charge in [-0.25, -0.2) is 13.8 Å². The van der Waals surface area contributed by atoms with Gasteiger partial charge in [-0.3, -0.25) is 13.9 Å². The Morgan fingerprint density at radius 2 is 1.61 bits per heavy atom. The number of carbonyl (C=O) groups is 2. The van der Waals surface area contributed by atoms with Crippen molar-refractivity contribution in [3.8, 4) is 11.5 Å². The van der Waals surface area contributed by atoms with Gasteiger partial charge in [-0.05, 0) is 78.4 Å². The van der Waals surface area contributed by atoms with Crippen LogP contribution < -0.4 is 24.5 Å². The molecule has 0 aliphatic carbocycles. The third-order valence-corrected chi connectivity index (χ3v) is 6.85. The Hall–Kier alpha value is -4.64. The van der Waals surface area contributed by atoms with Gasteiger partial charge in [0, 0.05) is 12.6 Å². The monoisotopic (exact) mass is 536 g/mol. The summed E-state index contributed by atoms with van der Waals surface area (Å²) in [6.45, 7) is 4.80. The Bertz CT molecular complexity index is 1390. The number of hydrogen-bond acceptors (Lipinski definition) is 7. The molecule has 0 spiro atoms. The van der Waals surface area contributed by atoms with E-state index in [2.05, 4.69) is 22.4 Å². The fourth-order valence-electron chi connectivity index (χ4n) is 3.25. The normalized spacial score (nSPS) is 11.0. The van der Waals surface area contributed by atoms with Gasteiger partial charge in [-0.1, -0.05) is 12.7 Å². The largest absolute Gasteiger partial charge is 0.497 e. The van der Waals surface area contributed by atoms with E-state index >= 15 is 0 Å². The molecule has 10 nitrogen and oxygen atoms in total. The maximum absolute atomic E-state index is 13.5. The average Bonchev–Trinajstić information content (AvgIpc) is 2.91. The Kier molecular flexibility index (Phi) is 9.60. The molecule has 0 atom stereocenters. The molecule has 0 radical (unpaired) electrons. The molecule has 2 amide bonds. The predicted octanol–water partition coefficient (Wildman–Crippen LogP) is 3.56. The van der Waals surface area contributed by atoms with Crippen LogP contribution in [0, 0.1) is 0 Å². The zero-order chi connectivity index (χ0) is 27.5. The van der Waals surface area contributed by atoms with Crippen molar-refractivity contribution < 1.29 is 27.5 Å². The summed E-state index contributed by atoms with van der Waals surface area (Å²) in [6.07, 6.45) is 3.07. The van der Waals surface area contributed by atoms with Crippen LogP contribution in [0.15, 0.2) is 95.4 Å². The van der Waals surface area contributed by atoms with Crippen molar-refractivity contribution in [3.05, 3.63) is 91.0 Å². The summed E-state index contributed by atoms with van der Waals surface area (Å²) < 4.78 is 38.6. The number of hydrazone groups is 1. The van der Waals surface area contributed by atoms with Crippen LogP contribution >= 0.6 is 0 Å². The van der Waals surface area contributed by atoms with Gasteiger partial charge >= 0.3 is 0 Å². The van der Waals surface area contributed by atoms with E-state index in [0.29, 0.717) is 29.4 Å². The maximum atomic E-state index is 13.5. The zero-order valence-corrected chi connectivity index (χ0v) is 21.8. The average molecular weight is 537 g/mol. The molecule has 3 aromatic carbocycles. The van der Waals surface area contributed by atoms with Crippen LogP contribution in [0.3, 0.4) is 0 Å². The highest BCUT2D eigenvalue weighted by Gasteiger charge is 2.27. The Balaban J connectivity index is 1.78. The lowest BCUT2D eigenvalue weighted by Crippen LogP contribution is -2.39. The number of nitrogens with one attached hydrogen (secondary N) is 2. The van der Waals surface area contributed by atoms with E-state index < -0.39 is 22.5 Å². The summed E-state index contributed by atoms with van der Waals surface area (Å²) in [6, 6.07) is 18.9. The van der Waals surface area contributed by atoms with E-state index in [-0.39, 0.29) is 16.5 Å². The van der Waals surface area contributed by atoms with Gasteiger partial charge in [0.25, 0.3) is 15.9 Å². The highest BCUT2D eigenvalue weighted by atomic mass is 32.2. The minimum Gasteiger partial charge on any atom is -0.497 e. The fraction of sp³-hybridized carbons (Fsp3) is 0.148. The van der Waals surface area contributed by atoms with E-state index in [1.54, 1.807) is 42.5 Å². The van der Waals surface area contributed by atoms with E-state index in [0.717, 1.165) is 4.31 Å². The molecule has 0 bridgehead atoms. The van der Waals surface area contributed by atoms with Crippen LogP contribution in [0.4, 0.5) is 11.4 Å². The molecule has 0 fully saturated rings. The molecule has 0 saturated heterocycles. The van der Waals surface area contributed by atoms with Crippen LogP contribution in [0.2, 0.25) is 0 Å². The summed E-state index contributed by atoms with van der Waals surface area (Å²) in [7, 11) is -2.66. The first kappa shape index (κ1) is 27.9. The number of rotatable bonds is 12. The second-order valence-corrected chi connectivity index (χ2v) is 9.74. The van der Waals surface area contributed by atoms with Crippen molar-refractivity contribution >= 4 is 39.4 Å². The highest BCUT2D eigenvalue weighted by Crippen LogP contribution is 2.26. The molecule has 0 heterocycles. The van der Waals surface area contributed by atoms with E-state index in [1.807, 2.05) is 0 Å². The number of anilines is 2. The van der Waals surface area contributed by atoms with Crippen molar-refractivity contribution in [2.75, 3.05) is 29.9 Å². The van der Waals surface area contributed by atoms with Crippen molar-refractivity contribution in [2.24, 2.45) is 5.10 Å². The maximum Gasteiger partial charge on any atom is 0.264 e. The molecule has 0 unspecified atom stereocenters. The molecule has 11 heteroatoms. The topological polar surface area (TPSA) is 126 Å². The third-order valence-electron chi connectivity index (χ3n) is 5.06. The minimum atomic E-state index is -4.16. The molecule has 2 N–H and O–H groups in total. The molecule has 3 rings (SSSR count). The molecular weight excluding hydrogens is 508 g/mol. The summed E-state index contributed by atoms with van der Waals surface area (Å²) in [5, 5.41) is 6.52. The molecule has 0 aliphatic rings. The minimum absolute atomic E-state index is 0.0579. The van der Waals surface area contributed by atoms with Crippen LogP contribution in [0.1, 0.15) is 12.5 Å². The summed E-state index contributed by atoms with van der Waals surface area (Å²) in [5.41, 5.74) is 3.77. The molecule has 0 aromatic heterocycles. The van der Waals surface area contributed by atoms with Crippen molar-refractivity contribution in [2.45, 2.75) is 11.8 Å². The lowest BCUT2D eigenvalue weighted by Gasteiger charge is -2.24. The molecule has 3 aromatic rings. The third kappa shape index (κ3) is 7.68. The van der Waals surface area contributed by atoms with Gasteiger partial charge in [-0.15, -0.1) is 0 Å². The van der Waals surface area contributed by atoms with Gasteiger partial charge in [0.2, 0.25) is 5.91 Å². The number of sulfonamides is 1. The Morgan fingerprint density at radius 1 is 0.974 bits per heavy atom. The predicted molar refractivity (Wildman–Crippen MR) is 146 cm³/mol. The van der Waals surface area contributed by atoms with Crippen molar-refractivity contribution in [1.29, 1.82) is 0 Å². The lowest BCUT2D eigenvalue weighted by molar-refractivity contribution is -0.119. The Morgan fingerprint density at radius 3 is 2.18 bits per heavy atom. The first-order valence-corrected chi connectivity index (χ1v) is 12.9. The quantitative estimate of drug-likeness (QED) is 0.207. The Labute approximate surface area is 221 Å². The number of carbonyl (C=O) groups excluding carboxylic acids is 2. The highest BCUT2D eigenvalue weighted by molar-refractivity contribution is 7.92. The van der Waals surface area contributed by atoms with Crippen molar-refractivity contribution in [3.63, 3.8) is 0 Å². The van der Waals surface area contributed by atoms with Crippen LogP contribution in [0.25, 0.3) is 0 Å². The molecule has 198 valence electrons. The van der Waals surface area contributed by atoms with Gasteiger partial charge in [0.15, 0.2) is 0 Å². The van der Waals surface area contributed by atoms with Gasteiger partial charge < -0.3 is 14.8 Å². The molecule has 0 aliphatic heterocycles.